The summed E-state index contributed by atoms with van der Waals surface area (Å²) in [5, 5.41) is 5.29. The molecule has 5 nitrogen and oxygen atoms in total. The normalized spacial score (nSPS) is 18.5. The minimum absolute atomic E-state index is 0.0301. The minimum Gasteiger partial charge on any atom is -0.451 e. The largest absolute Gasteiger partial charge is 0.451 e. The number of likely N-dealkylation sites (tertiary alicyclic amines) is 1. The Morgan fingerprint density at radius 1 is 1.35 bits per heavy atom. The van der Waals surface area contributed by atoms with Gasteiger partial charge in [0.05, 0.1) is 6.04 Å². The molecule has 1 fully saturated rings. The number of rotatable bonds is 2. The van der Waals surface area contributed by atoms with Gasteiger partial charge in [-0.2, -0.15) is 5.10 Å². The average molecular weight is 309 g/mol. The van der Waals surface area contributed by atoms with Crippen molar-refractivity contribution in [2.75, 3.05) is 13.1 Å². The highest BCUT2D eigenvalue weighted by atomic mass is 16.3. The number of aromatic nitrogens is 2. The fourth-order valence-corrected chi connectivity index (χ4v) is 3.32. The number of hydrogen-bond donors (Lipinski definition) is 0. The number of benzene rings is 1. The van der Waals surface area contributed by atoms with E-state index in [0.29, 0.717) is 12.3 Å². The molecule has 1 aliphatic heterocycles. The second-order valence-corrected chi connectivity index (χ2v) is 6.14. The number of amides is 1. The molecule has 1 saturated heterocycles. The zero-order valence-electron chi connectivity index (χ0n) is 13.1. The molecule has 0 unspecified atom stereocenters. The van der Waals surface area contributed by atoms with Crippen LogP contribution in [0.25, 0.3) is 11.0 Å². The van der Waals surface area contributed by atoms with Gasteiger partial charge in [-0.05, 0) is 37.5 Å². The molecule has 0 radical (unpaired) electrons. The van der Waals surface area contributed by atoms with E-state index in [0.717, 1.165) is 35.9 Å². The smallest absolute Gasteiger partial charge is 0.289 e. The Hall–Kier alpha value is -2.56. The van der Waals surface area contributed by atoms with Crippen LogP contribution >= 0.6 is 0 Å². The third kappa shape index (κ3) is 2.52. The van der Waals surface area contributed by atoms with Crippen molar-refractivity contribution in [2.45, 2.75) is 25.8 Å². The lowest BCUT2D eigenvalue weighted by molar-refractivity contribution is 0.0643. The van der Waals surface area contributed by atoms with Crippen LogP contribution < -0.4 is 0 Å². The number of carbonyl (C=O) groups excluding carboxylic acids is 1. The number of para-hydroxylation sites is 1. The van der Waals surface area contributed by atoms with E-state index in [4.69, 9.17) is 4.42 Å². The van der Waals surface area contributed by atoms with E-state index in [1.54, 1.807) is 6.20 Å². The lowest BCUT2D eigenvalue weighted by Crippen LogP contribution is -2.40. The standard InChI is InChI=1S/C18H19N3O2/c1-13-5-2-6-14-11-16(23-17(13)14)18(22)20-9-3-7-15(12-20)21-10-4-8-19-21/h2,4-6,8,10-11,15H,3,7,9,12H2,1H3/t15-/m1/s1. The average Bonchev–Trinajstić information content (AvgIpc) is 3.24. The molecule has 2 aromatic heterocycles. The van der Waals surface area contributed by atoms with E-state index in [1.807, 2.05) is 53.0 Å². The molecular weight excluding hydrogens is 290 g/mol. The van der Waals surface area contributed by atoms with Gasteiger partial charge in [-0.1, -0.05) is 18.2 Å². The Balaban J connectivity index is 1.58. The first-order valence-corrected chi connectivity index (χ1v) is 8.00. The first kappa shape index (κ1) is 14.1. The molecule has 3 aromatic rings. The van der Waals surface area contributed by atoms with Crippen molar-refractivity contribution >= 4 is 16.9 Å². The summed E-state index contributed by atoms with van der Waals surface area (Å²) in [6.07, 6.45) is 5.77. The molecule has 1 atom stereocenters. The highest BCUT2D eigenvalue weighted by molar-refractivity contribution is 5.96. The third-order valence-electron chi connectivity index (χ3n) is 4.53. The Morgan fingerprint density at radius 3 is 3.04 bits per heavy atom. The SMILES string of the molecule is Cc1cccc2cc(C(=O)N3CCC[C@@H](n4cccn4)C3)oc12. The van der Waals surface area contributed by atoms with Crippen LogP contribution in [-0.2, 0) is 0 Å². The number of aryl methyl sites for hydroxylation is 1. The molecule has 1 amide bonds. The Kier molecular flexibility index (Phi) is 3.41. The summed E-state index contributed by atoms with van der Waals surface area (Å²) in [4.78, 5) is 14.7. The summed E-state index contributed by atoms with van der Waals surface area (Å²) < 4.78 is 7.77. The molecule has 3 heterocycles. The maximum Gasteiger partial charge on any atom is 0.289 e. The lowest BCUT2D eigenvalue weighted by Gasteiger charge is -2.32. The van der Waals surface area contributed by atoms with Crippen LogP contribution in [0.15, 0.2) is 47.1 Å². The van der Waals surface area contributed by atoms with Crippen LogP contribution in [0.1, 0.15) is 35.0 Å². The van der Waals surface area contributed by atoms with Gasteiger partial charge in [-0.25, -0.2) is 0 Å². The summed E-state index contributed by atoms with van der Waals surface area (Å²) in [6.45, 7) is 3.44. The topological polar surface area (TPSA) is 51.3 Å². The molecule has 0 N–H and O–H groups in total. The number of furan rings is 1. The fourth-order valence-electron chi connectivity index (χ4n) is 3.32. The van der Waals surface area contributed by atoms with Crippen molar-refractivity contribution in [1.29, 1.82) is 0 Å². The van der Waals surface area contributed by atoms with E-state index in [1.165, 1.54) is 0 Å². The third-order valence-corrected chi connectivity index (χ3v) is 4.53. The van der Waals surface area contributed by atoms with E-state index >= 15 is 0 Å². The van der Waals surface area contributed by atoms with Gasteiger partial charge < -0.3 is 9.32 Å². The van der Waals surface area contributed by atoms with E-state index in [9.17, 15) is 4.79 Å². The van der Waals surface area contributed by atoms with Crippen molar-refractivity contribution in [3.05, 3.63) is 54.0 Å². The predicted octanol–water partition coefficient (Wildman–Crippen LogP) is 3.42. The van der Waals surface area contributed by atoms with Gasteiger partial charge in [0, 0.05) is 30.9 Å². The van der Waals surface area contributed by atoms with E-state index in [2.05, 4.69) is 5.10 Å². The first-order chi connectivity index (χ1) is 11.2. The molecule has 4 rings (SSSR count). The van der Waals surface area contributed by atoms with Crippen molar-refractivity contribution in [3.8, 4) is 0 Å². The monoisotopic (exact) mass is 309 g/mol. The van der Waals surface area contributed by atoms with Gasteiger partial charge in [0.1, 0.15) is 5.58 Å². The van der Waals surface area contributed by atoms with Crippen molar-refractivity contribution in [1.82, 2.24) is 14.7 Å². The quantitative estimate of drug-likeness (QED) is 0.729. The summed E-state index contributed by atoms with van der Waals surface area (Å²) in [5.74, 6) is 0.396. The maximum atomic E-state index is 12.8. The fraction of sp³-hybridized carbons (Fsp3) is 0.333. The number of hydrogen-bond acceptors (Lipinski definition) is 3. The molecule has 1 aliphatic rings. The maximum absolute atomic E-state index is 12.8. The highest BCUT2D eigenvalue weighted by Crippen LogP contribution is 2.26. The number of carbonyl (C=O) groups is 1. The Bertz CT molecular complexity index is 835. The number of piperidine rings is 1. The Labute approximate surface area is 134 Å². The minimum atomic E-state index is -0.0301. The van der Waals surface area contributed by atoms with Gasteiger partial charge in [-0.3, -0.25) is 9.48 Å². The number of nitrogens with zero attached hydrogens (tertiary/aromatic N) is 3. The molecule has 1 aromatic carbocycles. The molecule has 23 heavy (non-hydrogen) atoms. The zero-order chi connectivity index (χ0) is 15.8. The summed E-state index contributed by atoms with van der Waals surface area (Å²) in [6, 6.07) is 9.97. The van der Waals surface area contributed by atoms with Crippen molar-refractivity contribution < 1.29 is 9.21 Å². The molecular formula is C18H19N3O2. The van der Waals surface area contributed by atoms with E-state index < -0.39 is 0 Å². The van der Waals surface area contributed by atoms with Crippen LogP contribution in [0.2, 0.25) is 0 Å². The van der Waals surface area contributed by atoms with Gasteiger partial charge in [-0.15, -0.1) is 0 Å². The molecule has 5 heteroatoms. The summed E-state index contributed by atoms with van der Waals surface area (Å²) in [5.41, 5.74) is 1.85. The van der Waals surface area contributed by atoms with Gasteiger partial charge in [0.25, 0.3) is 5.91 Å². The molecule has 0 aliphatic carbocycles. The first-order valence-electron chi connectivity index (χ1n) is 8.00. The van der Waals surface area contributed by atoms with Crippen LogP contribution in [-0.4, -0.2) is 33.7 Å². The van der Waals surface area contributed by atoms with Gasteiger partial charge >= 0.3 is 0 Å². The van der Waals surface area contributed by atoms with E-state index in [-0.39, 0.29) is 11.9 Å². The van der Waals surface area contributed by atoms with Gasteiger partial charge in [0.2, 0.25) is 0 Å². The van der Waals surface area contributed by atoms with Crippen LogP contribution in [0, 0.1) is 6.92 Å². The van der Waals surface area contributed by atoms with Crippen LogP contribution in [0.4, 0.5) is 0 Å². The summed E-state index contributed by atoms with van der Waals surface area (Å²) >= 11 is 0. The van der Waals surface area contributed by atoms with Crippen molar-refractivity contribution in [3.63, 3.8) is 0 Å². The van der Waals surface area contributed by atoms with Gasteiger partial charge in [0.15, 0.2) is 5.76 Å². The van der Waals surface area contributed by atoms with Crippen LogP contribution in [0.3, 0.4) is 0 Å². The molecule has 0 bridgehead atoms. The molecule has 118 valence electrons. The zero-order valence-corrected chi connectivity index (χ0v) is 13.1. The predicted molar refractivity (Wildman–Crippen MR) is 87.4 cm³/mol. The lowest BCUT2D eigenvalue weighted by atomic mass is 10.1. The Morgan fingerprint density at radius 2 is 2.26 bits per heavy atom. The highest BCUT2D eigenvalue weighted by Gasteiger charge is 2.27. The molecule has 0 spiro atoms. The second kappa shape index (κ2) is 5.57. The summed E-state index contributed by atoms with van der Waals surface area (Å²) in [7, 11) is 0. The molecule has 0 saturated carbocycles. The van der Waals surface area contributed by atoms with Crippen molar-refractivity contribution in [2.24, 2.45) is 0 Å². The number of fused-ring (bicyclic) bond motifs is 1. The second-order valence-electron chi connectivity index (χ2n) is 6.14. The van der Waals surface area contributed by atoms with Crippen LogP contribution in [0.5, 0.6) is 0 Å².